The van der Waals surface area contributed by atoms with Crippen molar-refractivity contribution in [1.29, 1.82) is 0 Å². The van der Waals surface area contributed by atoms with Gasteiger partial charge in [0.25, 0.3) is 0 Å². The molecule has 3 nitrogen and oxygen atoms in total. The van der Waals surface area contributed by atoms with Crippen LogP contribution in [0.15, 0.2) is 30.3 Å². The molecule has 1 aliphatic heterocycles. The van der Waals surface area contributed by atoms with E-state index in [-0.39, 0.29) is 5.91 Å². The molecule has 2 N–H and O–H groups in total. The Morgan fingerprint density at radius 2 is 1.84 bits per heavy atom. The zero-order valence-corrected chi connectivity index (χ0v) is 11.9. The highest BCUT2D eigenvalue weighted by atomic mass is 16.2. The molecule has 1 aromatic carbocycles. The molecule has 1 aliphatic rings. The van der Waals surface area contributed by atoms with Crippen LogP contribution in [-0.2, 0) is 11.2 Å². The van der Waals surface area contributed by atoms with Crippen LogP contribution in [0.4, 0.5) is 0 Å². The Hall–Kier alpha value is -1.35. The maximum absolute atomic E-state index is 12.4. The quantitative estimate of drug-likeness (QED) is 0.904. The third-order valence-electron chi connectivity index (χ3n) is 3.80. The van der Waals surface area contributed by atoms with E-state index in [0.29, 0.717) is 18.3 Å². The van der Waals surface area contributed by atoms with Crippen LogP contribution in [0.5, 0.6) is 0 Å². The van der Waals surface area contributed by atoms with E-state index in [2.05, 4.69) is 13.8 Å². The number of amides is 1. The summed E-state index contributed by atoms with van der Waals surface area (Å²) in [5.74, 6) is 1.26. The Kier molecular flexibility index (Phi) is 4.59. The van der Waals surface area contributed by atoms with Crippen LogP contribution in [0.2, 0.25) is 0 Å². The molecule has 0 aliphatic carbocycles. The Labute approximate surface area is 115 Å². The molecule has 1 saturated heterocycles. The number of carbonyl (C=O) groups is 1. The number of hydrogen-bond acceptors (Lipinski definition) is 2. The third-order valence-corrected chi connectivity index (χ3v) is 3.80. The minimum Gasteiger partial charge on any atom is -0.341 e. The maximum Gasteiger partial charge on any atom is 0.239 e. The highest BCUT2D eigenvalue weighted by molar-refractivity contribution is 5.82. The van der Waals surface area contributed by atoms with Gasteiger partial charge in [-0.3, -0.25) is 4.79 Å². The summed E-state index contributed by atoms with van der Waals surface area (Å²) in [6, 6.07) is 9.57. The Morgan fingerprint density at radius 3 is 2.42 bits per heavy atom. The molecule has 3 atom stereocenters. The monoisotopic (exact) mass is 260 g/mol. The molecule has 0 radical (unpaired) electrons. The number of carbonyl (C=O) groups excluding carboxylic acids is 1. The number of nitrogens with two attached hydrogens (primary N) is 1. The van der Waals surface area contributed by atoms with Crippen LogP contribution >= 0.6 is 0 Å². The lowest BCUT2D eigenvalue weighted by molar-refractivity contribution is -0.135. The maximum atomic E-state index is 12.4. The van der Waals surface area contributed by atoms with Crippen LogP contribution in [-0.4, -0.2) is 29.9 Å². The second-order valence-electron chi connectivity index (χ2n) is 5.99. The number of piperidine rings is 1. The van der Waals surface area contributed by atoms with Crippen LogP contribution in [0, 0.1) is 11.8 Å². The van der Waals surface area contributed by atoms with E-state index in [4.69, 9.17) is 5.73 Å². The molecule has 104 valence electrons. The summed E-state index contributed by atoms with van der Waals surface area (Å²) in [6.45, 7) is 6.12. The Balaban J connectivity index is 1.95. The number of likely N-dealkylation sites (tertiary alicyclic amines) is 1. The molecular weight excluding hydrogens is 236 g/mol. The first-order valence-electron chi connectivity index (χ1n) is 7.14. The number of hydrogen-bond donors (Lipinski definition) is 1. The van der Waals surface area contributed by atoms with Gasteiger partial charge in [-0.25, -0.2) is 0 Å². The minimum atomic E-state index is -0.417. The van der Waals surface area contributed by atoms with Crippen molar-refractivity contribution in [2.24, 2.45) is 17.6 Å². The fraction of sp³-hybridized carbons (Fsp3) is 0.562. The summed E-state index contributed by atoms with van der Waals surface area (Å²) in [5.41, 5.74) is 7.21. The first-order valence-corrected chi connectivity index (χ1v) is 7.14. The molecule has 0 aromatic heterocycles. The van der Waals surface area contributed by atoms with E-state index in [0.717, 1.165) is 18.7 Å². The zero-order chi connectivity index (χ0) is 13.8. The van der Waals surface area contributed by atoms with Gasteiger partial charge in [-0.05, 0) is 30.2 Å². The molecule has 19 heavy (non-hydrogen) atoms. The molecule has 0 spiro atoms. The SMILES string of the molecule is CC1CC(C)CN(C(=O)C(N)Cc2ccccc2)C1. The largest absolute Gasteiger partial charge is 0.341 e. The van der Waals surface area contributed by atoms with Gasteiger partial charge in [-0.1, -0.05) is 44.2 Å². The normalized spacial score (nSPS) is 25.1. The number of rotatable bonds is 3. The zero-order valence-electron chi connectivity index (χ0n) is 11.9. The highest BCUT2D eigenvalue weighted by Gasteiger charge is 2.28. The highest BCUT2D eigenvalue weighted by Crippen LogP contribution is 2.21. The summed E-state index contributed by atoms with van der Waals surface area (Å²) in [6.07, 6.45) is 1.83. The summed E-state index contributed by atoms with van der Waals surface area (Å²) < 4.78 is 0. The van der Waals surface area contributed by atoms with E-state index in [9.17, 15) is 4.79 Å². The third kappa shape index (κ3) is 3.80. The van der Waals surface area contributed by atoms with E-state index in [1.54, 1.807) is 0 Å². The summed E-state index contributed by atoms with van der Waals surface area (Å²) in [4.78, 5) is 14.3. The van der Waals surface area contributed by atoms with Crippen molar-refractivity contribution in [2.75, 3.05) is 13.1 Å². The number of benzene rings is 1. The predicted molar refractivity (Wildman–Crippen MR) is 77.6 cm³/mol. The van der Waals surface area contributed by atoms with Gasteiger partial charge >= 0.3 is 0 Å². The van der Waals surface area contributed by atoms with Crippen LogP contribution in [0.25, 0.3) is 0 Å². The van der Waals surface area contributed by atoms with Crippen molar-refractivity contribution in [3.05, 3.63) is 35.9 Å². The van der Waals surface area contributed by atoms with Gasteiger partial charge in [-0.15, -0.1) is 0 Å². The molecule has 3 unspecified atom stereocenters. The van der Waals surface area contributed by atoms with Gasteiger partial charge in [-0.2, -0.15) is 0 Å². The topological polar surface area (TPSA) is 46.3 Å². The Bertz CT molecular complexity index is 408. The van der Waals surface area contributed by atoms with E-state index in [1.165, 1.54) is 6.42 Å². The molecule has 1 fully saturated rings. The van der Waals surface area contributed by atoms with Gasteiger partial charge in [0.05, 0.1) is 6.04 Å². The molecule has 1 heterocycles. The molecule has 1 aromatic rings. The lowest BCUT2D eigenvalue weighted by atomic mass is 9.91. The first-order chi connectivity index (χ1) is 9.06. The predicted octanol–water partition coefficient (Wildman–Crippen LogP) is 2.06. The van der Waals surface area contributed by atoms with Crippen molar-refractivity contribution in [2.45, 2.75) is 32.7 Å². The van der Waals surface area contributed by atoms with E-state index in [1.807, 2.05) is 35.2 Å². The number of nitrogens with zero attached hydrogens (tertiary/aromatic N) is 1. The average molecular weight is 260 g/mol. The standard InChI is InChI=1S/C16H24N2O/c1-12-8-13(2)11-18(10-12)16(19)15(17)9-14-6-4-3-5-7-14/h3-7,12-13,15H,8-11,17H2,1-2H3. The fourth-order valence-corrected chi connectivity index (χ4v) is 3.03. The van der Waals surface area contributed by atoms with Crippen molar-refractivity contribution >= 4 is 5.91 Å². The van der Waals surface area contributed by atoms with Gasteiger partial charge in [0, 0.05) is 13.1 Å². The smallest absolute Gasteiger partial charge is 0.239 e. The van der Waals surface area contributed by atoms with Gasteiger partial charge in [0.1, 0.15) is 0 Å². The van der Waals surface area contributed by atoms with Gasteiger partial charge in [0.15, 0.2) is 0 Å². The van der Waals surface area contributed by atoms with Crippen LogP contribution < -0.4 is 5.73 Å². The second kappa shape index (κ2) is 6.20. The second-order valence-corrected chi connectivity index (χ2v) is 5.99. The van der Waals surface area contributed by atoms with Crippen molar-refractivity contribution < 1.29 is 4.79 Å². The van der Waals surface area contributed by atoms with Crippen molar-refractivity contribution in [1.82, 2.24) is 4.90 Å². The lowest BCUT2D eigenvalue weighted by Gasteiger charge is -2.36. The molecule has 2 rings (SSSR count). The van der Waals surface area contributed by atoms with Crippen molar-refractivity contribution in [3.8, 4) is 0 Å². The van der Waals surface area contributed by atoms with E-state index >= 15 is 0 Å². The van der Waals surface area contributed by atoms with Gasteiger partial charge < -0.3 is 10.6 Å². The fourth-order valence-electron chi connectivity index (χ4n) is 3.03. The van der Waals surface area contributed by atoms with Crippen LogP contribution in [0.3, 0.4) is 0 Å². The summed E-state index contributed by atoms with van der Waals surface area (Å²) in [7, 11) is 0. The minimum absolute atomic E-state index is 0.0993. The van der Waals surface area contributed by atoms with Crippen molar-refractivity contribution in [3.63, 3.8) is 0 Å². The molecule has 0 bridgehead atoms. The lowest BCUT2D eigenvalue weighted by Crippen LogP contribution is -2.50. The average Bonchev–Trinajstić information content (AvgIpc) is 2.37. The first kappa shape index (κ1) is 14.1. The molecule has 0 saturated carbocycles. The van der Waals surface area contributed by atoms with E-state index < -0.39 is 6.04 Å². The Morgan fingerprint density at radius 1 is 1.26 bits per heavy atom. The molecule has 1 amide bonds. The molecular formula is C16H24N2O. The molecule has 3 heteroatoms. The summed E-state index contributed by atoms with van der Waals surface area (Å²) in [5, 5.41) is 0. The summed E-state index contributed by atoms with van der Waals surface area (Å²) >= 11 is 0. The van der Waals surface area contributed by atoms with Crippen LogP contribution in [0.1, 0.15) is 25.8 Å². The van der Waals surface area contributed by atoms with Gasteiger partial charge in [0.2, 0.25) is 5.91 Å².